The number of anilines is 1. The first-order valence-corrected chi connectivity index (χ1v) is 11.9. The lowest BCUT2D eigenvalue weighted by Crippen LogP contribution is -2.20. The van der Waals surface area contributed by atoms with Crippen molar-refractivity contribution < 1.29 is 31.6 Å². The fourth-order valence-corrected chi connectivity index (χ4v) is 6.53. The molecule has 0 bridgehead atoms. The highest BCUT2D eigenvalue weighted by Crippen LogP contribution is 2.39. The standard InChI is InChI=1S/C20H18FNO6S2/c1-3-27-20(24)16-12-6-7-30(25,26)9-15(12)29-19(16)22-18(23)17-10(2)13-8-11(21)4-5-14(13)28-17/h4-5,8H,3,6-7,9H2,1-2H3,(H,22,23). The molecule has 0 spiro atoms. The first kappa shape index (κ1) is 20.5. The maximum absolute atomic E-state index is 13.5. The topological polar surface area (TPSA) is 103 Å². The van der Waals surface area contributed by atoms with Crippen LogP contribution in [0.2, 0.25) is 0 Å². The molecule has 10 heteroatoms. The minimum absolute atomic E-state index is 0.00981. The molecule has 158 valence electrons. The summed E-state index contributed by atoms with van der Waals surface area (Å²) >= 11 is 1.04. The monoisotopic (exact) mass is 451 g/mol. The lowest BCUT2D eigenvalue weighted by molar-refractivity contribution is 0.0527. The third kappa shape index (κ3) is 3.61. The van der Waals surface area contributed by atoms with Crippen molar-refractivity contribution in [3.05, 3.63) is 51.3 Å². The van der Waals surface area contributed by atoms with E-state index in [-0.39, 0.29) is 40.9 Å². The van der Waals surface area contributed by atoms with Crippen LogP contribution in [0.4, 0.5) is 9.39 Å². The van der Waals surface area contributed by atoms with Gasteiger partial charge in [0, 0.05) is 15.8 Å². The van der Waals surface area contributed by atoms with E-state index < -0.39 is 27.5 Å². The molecule has 0 saturated carbocycles. The van der Waals surface area contributed by atoms with Crippen LogP contribution in [0.1, 0.15) is 43.8 Å². The van der Waals surface area contributed by atoms with Crippen LogP contribution < -0.4 is 5.32 Å². The predicted octanol–water partition coefficient (Wildman–Crippen LogP) is 3.84. The average Bonchev–Trinajstić information content (AvgIpc) is 3.18. The Morgan fingerprint density at radius 2 is 2.10 bits per heavy atom. The summed E-state index contributed by atoms with van der Waals surface area (Å²) < 4.78 is 48.2. The van der Waals surface area contributed by atoms with Crippen LogP contribution in [-0.4, -0.2) is 32.7 Å². The molecule has 1 aromatic carbocycles. The summed E-state index contributed by atoms with van der Waals surface area (Å²) in [4.78, 5) is 26.0. The Labute approximate surface area is 175 Å². The number of furan rings is 1. The number of benzene rings is 1. The number of amides is 1. The van der Waals surface area contributed by atoms with Crippen molar-refractivity contribution in [2.75, 3.05) is 17.7 Å². The molecule has 3 heterocycles. The van der Waals surface area contributed by atoms with Gasteiger partial charge in [-0.15, -0.1) is 11.3 Å². The number of aryl methyl sites for hydroxylation is 1. The third-order valence-corrected chi connectivity index (χ3v) is 7.80. The highest BCUT2D eigenvalue weighted by molar-refractivity contribution is 7.90. The van der Waals surface area contributed by atoms with Gasteiger partial charge in [-0.25, -0.2) is 17.6 Å². The van der Waals surface area contributed by atoms with E-state index in [9.17, 15) is 22.4 Å². The predicted molar refractivity (Wildman–Crippen MR) is 110 cm³/mol. The van der Waals surface area contributed by atoms with Gasteiger partial charge in [-0.2, -0.15) is 0 Å². The Morgan fingerprint density at radius 1 is 1.33 bits per heavy atom. The molecular weight excluding hydrogens is 433 g/mol. The molecule has 1 aliphatic rings. The average molecular weight is 451 g/mol. The quantitative estimate of drug-likeness (QED) is 0.605. The van der Waals surface area contributed by atoms with Crippen molar-refractivity contribution in [2.45, 2.75) is 26.0 Å². The number of hydrogen-bond acceptors (Lipinski definition) is 7. The van der Waals surface area contributed by atoms with E-state index in [1.807, 2.05) is 0 Å². The van der Waals surface area contributed by atoms with Crippen molar-refractivity contribution in [3.8, 4) is 0 Å². The van der Waals surface area contributed by atoms with Crippen molar-refractivity contribution in [3.63, 3.8) is 0 Å². The van der Waals surface area contributed by atoms with E-state index in [1.54, 1.807) is 13.8 Å². The van der Waals surface area contributed by atoms with Gasteiger partial charge in [0.05, 0.1) is 23.7 Å². The molecule has 30 heavy (non-hydrogen) atoms. The number of hydrogen-bond donors (Lipinski definition) is 1. The number of carbonyl (C=O) groups excluding carboxylic acids is 2. The highest BCUT2D eigenvalue weighted by Gasteiger charge is 2.32. The van der Waals surface area contributed by atoms with Crippen LogP contribution in [-0.2, 0) is 26.7 Å². The fourth-order valence-electron chi connectivity index (χ4n) is 3.50. The second kappa shape index (κ2) is 7.51. The SMILES string of the molecule is CCOC(=O)c1c(NC(=O)c2oc3ccc(F)cc3c2C)sc2c1CCS(=O)(=O)C2. The number of carbonyl (C=O) groups is 2. The van der Waals surface area contributed by atoms with Gasteiger partial charge in [-0.1, -0.05) is 0 Å². The number of ether oxygens (including phenoxy) is 1. The summed E-state index contributed by atoms with van der Waals surface area (Å²) in [7, 11) is -3.25. The van der Waals surface area contributed by atoms with Crippen molar-refractivity contribution in [1.82, 2.24) is 0 Å². The van der Waals surface area contributed by atoms with E-state index in [0.29, 0.717) is 27.0 Å². The van der Waals surface area contributed by atoms with Gasteiger partial charge in [-0.05, 0) is 44.0 Å². The summed E-state index contributed by atoms with van der Waals surface area (Å²) in [6, 6.07) is 3.95. The van der Waals surface area contributed by atoms with Gasteiger partial charge < -0.3 is 14.5 Å². The number of rotatable bonds is 4. The second-order valence-corrected chi connectivity index (χ2v) is 10.2. The molecule has 0 saturated heterocycles. The summed E-state index contributed by atoms with van der Waals surface area (Å²) in [5, 5.41) is 3.35. The zero-order chi connectivity index (χ0) is 21.6. The Bertz CT molecular complexity index is 1290. The van der Waals surface area contributed by atoms with E-state index >= 15 is 0 Å². The minimum atomic E-state index is -3.25. The first-order valence-electron chi connectivity index (χ1n) is 9.22. The van der Waals surface area contributed by atoms with E-state index in [0.717, 1.165) is 11.3 Å². The van der Waals surface area contributed by atoms with Gasteiger partial charge >= 0.3 is 5.97 Å². The number of fused-ring (bicyclic) bond motifs is 2. The van der Waals surface area contributed by atoms with Gasteiger partial charge in [0.1, 0.15) is 16.4 Å². The van der Waals surface area contributed by atoms with Crippen LogP contribution in [0.15, 0.2) is 22.6 Å². The van der Waals surface area contributed by atoms with Gasteiger partial charge in [0.15, 0.2) is 15.6 Å². The summed E-state index contributed by atoms with van der Waals surface area (Å²) in [5.74, 6) is -1.94. The Morgan fingerprint density at radius 3 is 2.83 bits per heavy atom. The molecular formula is C20H18FNO6S2. The number of thiophene rings is 1. The lowest BCUT2D eigenvalue weighted by Gasteiger charge is -2.13. The van der Waals surface area contributed by atoms with Crippen molar-refractivity contribution in [1.29, 1.82) is 0 Å². The molecule has 7 nitrogen and oxygen atoms in total. The fraction of sp³-hybridized carbons (Fsp3) is 0.300. The molecule has 2 aromatic heterocycles. The zero-order valence-corrected chi connectivity index (χ0v) is 17.8. The summed E-state index contributed by atoms with van der Waals surface area (Å²) in [5.41, 5.74) is 1.59. The molecule has 1 amide bonds. The van der Waals surface area contributed by atoms with Gasteiger partial charge in [0.2, 0.25) is 0 Å². The van der Waals surface area contributed by atoms with Gasteiger partial charge in [0.25, 0.3) is 5.91 Å². The van der Waals surface area contributed by atoms with E-state index in [1.165, 1.54) is 18.2 Å². The van der Waals surface area contributed by atoms with Crippen molar-refractivity contribution >= 4 is 49.0 Å². The molecule has 0 atom stereocenters. The van der Waals surface area contributed by atoms with Crippen molar-refractivity contribution in [2.24, 2.45) is 0 Å². The molecule has 1 N–H and O–H groups in total. The number of nitrogens with one attached hydrogen (secondary N) is 1. The molecule has 1 aliphatic heterocycles. The normalized spacial score (nSPS) is 15.0. The molecule has 4 rings (SSSR count). The smallest absolute Gasteiger partial charge is 0.341 e. The van der Waals surface area contributed by atoms with Crippen LogP contribution in [0, 0.1) is 12.7 Å². The third-order valence-electron chi connectivity index (χ3n) is 4.92. The molecule has 0 unspecified atom stereocenters. The Hall–Kier alpha value is -2.72. The molecule has 0 fully saturated rings. The Balaban J connectivity index is 1.74. The summed E-state index contributed by atoms with van der Waals surface area (Å²) in [6.07, 6.45) is 0.182. The summed E-state index contributed by atoms with van der Waals surface area (Å²) in [6.45, 7) is 3.44. The number of halogens is 1. The van der Waals surface area contributed by atoms with Crippen LogP contribution in [0.5, 0.6) is 0 Å². The molecule has 3 aromatic rings. The molecule has 0 radical (unpaired) electrons. The second-order valence-electron chi connectivity index (χ2n) is 6.92. The maximum Gasteiger partial charge on any atom is 0.341 e. The van der Waals surface area contributed by atoms with E-state index in [4.69, 9.17) is 9.15 Å². The lowest BCUT2D eigenvalue weighted by atomic mass is 10.1. The van der Waals surface area contributed by atoms with E-state index in [2.05, 4.69) is 5.32 Å². The van der Waals surface area contributed by atoms with Crippen LogP contribution >= 0.6 is 11.3 Å². The zero-order valence-electron chi connectivity index (χ0n) is 16.2. The van der Waals surface area contributed by atoms with Crippen LogP contribution in [0.25, 0.3) is 11.0 Å². The number of esters is 1. The first-order chi connectivity index (χ1) is 14.2. The maximum atomic E-state index is 13.5. The number of sulfone groups is 1. The Kier molecular flexibility index (Phi) is 5.15. The molecule has 0 aliphatic carbocycles. The van der Waals surface area contributed by atoms with Crippen LogP contribution in [0.3, 0.4) is 0 Å². The minimum Gasteiger partial charge on any atom is -0.462 e. The highest BCUT2D eigenvalue weighted by atomic mass is 32.2. The van der Waals surface area contributed by atoms with Gasteiger partial charge in [-0.3, -0.25) is 4.79 Å². The largest absolute Gasteiger partial charge is 0.462 e.